The van der Waals surface area contributed by atoms with Crippen molar-refractivity contribution < 1.29 is 19.4 Å². The first kappa shape index (κ1) is 14.2. The van der Waals surface area contributed by atoms with Crippen LogP contribution in [0.25, 0.3) is 0 Å². The van der Waals surface area contributed by atoms with Crippen LogP contribution in [0, 0.1) is 11.8 Å². The molecule has 1 N–H and O–H groups in total. The van der Waals surface area contributed by atoms with E-state index in [0.29, 0.717) is 8.95 Å². The number of hydrogen-bond acceptors (Lipinski definition) is 3. The summed E-state index contributed by atoms with van der Waals surface area (Å²) in [6.45, 7) is 0. The van der Waals surface area contributed by atoms with Gasteiger partial charge in [0.1, 0.15) is 0 Å². The highest BCUT2D eigenvalue weighted by Crippen LogP contribution is 2.36. The number of benzene rings is 1. The van der Waals surface area contributed by atoms with Crippen molar-refractivity contribution in [3.8, 4) is 17.6 Å². The summed E-state index contributed by atoms with van der Waals surface area (Å²) in [6, 6.07) is 3.36. The lowest BCUT2D eigenvalue weighted by Gasteiger charge is -2.06. The van der Waals surface area contributed by atoms with Crippen LogP contribution < -0.4 is 4.74 Å². The quantitative estimate of drug-likeness (QED) is 0.324. The van der Waals surface area contributed by atoms with Crippen LogP contribution in [-0.4, -0.2) is 17.0 Å². The Bertz CT molecular complexity index is 519. The van der Waals surface area contributed by atoms with Crippen molar-refractivity contribution in [2.75, 3.05) is 0 Å². The zero-order chi connectivity index (χ0) is 13.0. The van der Waals surface area contributed by atoms with E-state index in [1.165, 1.54) is 0 Å². The number of carboxylic acids is 1. The summed E-state index contributed by atoms with van der Waals surface area (Å²) in [5.41, 5.74) is 0. The molecule has 0 spiro atoms. The number of hydrogen-bond donors (Lipinski definition) is 1. The van der Waals surface area contributed by atoms with E-state index < -0.39 is 11.9 Å². The lowest BCUT2D eigenvalue weighted by molar-refractivity contribution is -0.131. The number of rotatable bonds is 1. The lowest BCUT2D eigenvalue weighted by atomic mass is 10.3. The summed E-state index contributed by atoms with van der Waals surface area (Å²) in [7, 11) is 0. The third-order valence-corrected chi connectivity index (χ3v) is 3.07. The molecule has 0 radical (unpaired) electrons. The van der Waals surface area contributed by atoms with E-state index in [-0.39, 0.29) is 5.75 Å². The van der Waals surface area contributed by atoms with Gasteiger partial charge < -0.3 is 9.84 Å². The largest absolute Gasteiger partial charge is 0.472 e. The van der Waals surface area contributed by atoms with Crippen LogP contribution in [0.4, 0.5) is 0 Å². The molecule has 0 fully saturated rings. The van der Waals surface area contributed by atoms with Crippen LogP contribution in [0.5, 0.6) is 5.75 Å². The molecule has 0 aliphatic heterocycles. The maximum absolute atomic E-state index is 11.2. The minimum Gasteiger partial charge on any atom is -0.472 e. The Hall–Kier alpha value is -0.840. The average Bonchev–Trinajstić information content (AvgIpc) is 2.20. The Morgan fingerprint density at radius 1 is 1.12 bits per heavy atom. The van der Waals surface area contributed by atoms with E-state index in [0.717, 1.165) is 4.47 Å². The van der Waals surface area contributed by atoms with Crippen molar-refractivity contribution in [2.45, 2.75) is 0 Å². The summed E-state index contributed by atoms with van der Waals surface area (Å²) in [4.78, 5) is 21.3. The standard InChI is InChI=1S/C10H3Br3O4/c11-5-3-6(12)10(7(13)4-5)17-9(16)2-1-8(14)15/h3-4H,(H,14,15). The Kier molecular flexibility index (Phi) is 5.18. The fourth-order valence-electron chi connectivity index (χ4n) is 0.849. The number of esters is 1. The first-order valence-corrected chi connectivity index (χ1v) is 6.39. The molecule has 0 amide bonds. The van der Waals surface area contributed by atoms with Crippen LogP contribution >= 0.6 is 47.8 Å². The van der Waals surface area contributed by atoms with Crippen LogP contribution in [0.1, 0.15) is 0 Å². The molecule has 0 bridgehead atoms. The molecule has 0 aromatic heterocycles. The van der Waals surface area contributed by atoms with Gasteiger partial charge in [-0.1, -0.05) is 15.9 Å². The molecule has 0 saturated carbocycles. The SMILES string of the molecule is O=C(O)C#CC(=O)Oc1c(Br)cc(Br)cc1Br. The highest BCUT2D eigenvalue weighted by molar-refractivity contribution is 9.11. The van der Waals surface area contributed by atoms with Gasteiger partial charge in [0.15, 0.2) is 5.75 Å². The molecule has 0 aliphatic rings. The average molecular weight is 427 g/mol. The number of aliphatic carboxylic acids is 1. The van der Waals surface area contributed by atoms with E-state index in [1.54, 1.807) is 18.1 Å². The van der Waals surface area contributed by atoms with E-state index in [9.17, 15) is 9.59 Å². The third-order valence-electron chi connectivity index (χ3n) is 1.43. The van der Waals surface area contributed by atoms with Crippen molar-refractivity contribution in [2.24, 2.45) is 0 Å². The van der Waals surface area contributed by atoms with E-state index in [2.05, 4.69) is 47.8 Å². The Morgan fingerprint density at radius 2 is 1.65 bits per heavy atom. The van der Waals surface area contributed by atoms with Crippen LogP contribution in [0.2, 0.25) is 0 Å². The molecule has 0 heterocycles. The maximum atomic E-state index is 11.2. The summed E-state index contributed by atoms with van der Waals surface area (Å²) < 4.78 is 6.74. The van der Waals surface area contributed by atoms with Gasteiger partial charge in [0.25, 0.3) is 0 Å². The second-order valence-electron chi connectivity index (χ2n) is 2.64. The first-order valence-electron chi connectivity index (χ1n) is 4.01. The molecule has 1 rings (SSSR count). The minimum atomic E-state index is -1.39. The number of carbonyl (C=O) groups excluding carboxylic acids is 1. The summed E-state index contributed by atoms with van der Waals surface area (Å²) in [6.07, 6.45) is 0. The molecule has 88 valence electrons. The molecule has 7 heteroatoms. The molecule has 1 aromatic carbocycles. The zero-order valence-electron chi connectivity index (χ0n) is 7.96. The van der Waals surface area contributed by atoms with Gasteiger partial charge >= 0.3 is 11.9 Å². The second kappa shape index (κ2) is 6.19. The predicted molar refractivity (Wildman–Crippen MR) is 70.6 cm³/mol. The highest BCUT2D eigenvalue weighted by atomic mass is 79.9. The van der Waals surface area contributed by atoms with Crippen molar-refractivity contribution in [1.29, 1.82) is 0 Å². The van der Waals surface area contributed by atoms with Gasteiger partial charge in [0, 0.05) is 16.3 Å². The number of ether oxygens (including phenoxy) is 1. The van der Waals surface area contributed by atoms with Gasteiger partial charge in [-0.2, -0.15) is 0 Å². The molecular weight excluding hydrogens is 424 g/mol. The van der Waals surface area contributed by atoms with Crippen molar-refractivity contribution in [1.82, 2.24) is 0 Å². The van der Waals surface area contributed by atoms with Crippen molar-refractivity contribution in [3.05, 3.63) is 25.6 Å². The van der Waals surface area contributed by atoms with Gasteiger partial charge in [-0.3, -0.25) is 0 Å². The van der Waals surface area contributed by atoms with Crippen molar-refractivity contribution >= 4 is 59.7 Å². The summed E-state index contributed by atoms with van der Waals surface area (Å²) >= 11 is 9.67. The summed E-state index contributed by atoms with van der Waals surface area (Å²) in [5, 5.41) is 8.27. The number of carbonyl (C=O) groups is 2. The molecule has 1 aromatic rings. The maximum Gasteiger partial charge on any atom is 0.390 e. The second-order valence-corrected chi connectivity index (χ2v) is 5.27. The van der Waals surface area contributed by atoms with Crippen LogP contribution in [0.3, 0.4) is 0 Å². The molecule has 0 aliphatic carbocycles. The fourth-order valence-corrected chi connectivity index (χ4v) is 3.27. The van der Waals surface area contributed by atoms with Gasteiger partial charge in [0.05, 0.1) is 8.95 Å². The Labute approximate surface area is 122 Å². The summed E-state index contributed by atoms with van der Waals surface area (Å²) in [5.74, 6) is 1.40. The Balaban J connectivity index is 2.94. The van der Waals surface area contributed by atoms with E-state index in [4.69, 9.17) is 9.84 Å². The molecule has 0 unspecified atom stereocenters. The zero-order valence-corrected chi connectivity index (χ0v) is 12.7. The molecule has 17 heavy (non-hydrogen) atoms. The van der Waals surface area contributed by atoms with Crippen molar-refractivity contribution in [3.63, 3.8) is 0 Å². The minimum absolute atomic E-state index is 0.234. The van der Waals surface area contributed by atoms with E-state index >= 15 is 0 Å². The fraction of sp³-hybridized carbons (Fsp3) is 0. The number of halogens is 3. The lowest BCUT2D eigenvalue weighted by Crippen LogP contribution is -2.06. The van der Waals surface area contributed by atoms with Gasteiger partial charge in [-0.25, -0.2) is 9.59 Å². The molecule has 4 nitrogen and oxygen atoms in total. The molecule has 0 saturated heterocycles. The van der Waals surface area contributed by atoms with Gasteiger partial charge in [-0.05, 0) is 44.0 Å². The van der Waals surface area contributed by atoms with Crippen LogP contribution in [0.15, 0.2) is 25.6 Å². The topological polar surface area (TPSA) is 63.6 Å². The molecule has 0 atom stereocenters. The highest BCUT2D eigenvalue weighted by Gasteiger charge is 2.11. The molecular formula is C10H3Br3O4. The normalized spacial score (nSPS) is 9.12. The van der Waals surface area contributed by atoms with Crippen LogP contribution in [-0.2, 0) is 9.59 Å². The smallest absolute Gasteiger partial charge is 0.390 e. The Morgan fingerprint density at radius 3 is 2.12 bits per heavy atom. The van der Waals surface area contributed by atoms with Gasteiger partial charge in [0.2, 0.25) is 0 Å². The van der Waals surface area contributed by atoms with E-state index in [1.807, 2.05) is 5.92 Å². The first-order chi connectivity index (χ1) is 7.90. The van der Waals surface area contributed by atoms with Gasteiger partial charge in [-0.15, -0.1) is 0 Å². The predicted octanol–water partition coefficient (Wildman–Crippen LogP) is 2.97. The third kappa shape index (κ3) is 4.50. The number of carboxylic acid groups (broad SMARTS) is 1. The monoisotopic (exact) mass is 424 g/mol.